The number of ether oxygens (including phenoxy) is 4. The number of aromatic hydroxyl groups is 2. The highest BCUT2D eigenvalue weighted by Crippen LogP contribution is 2.53. The van der Waals surface area contributed by atoms with Gasteiger partial charge in [0.05, 0.1) is 64.6 Å². The molecule has 394 valence electrons. The zero-order chi connectivity index (χ0) is 53.5. The number of alkyl halides is 3. The zero-order valence-electron chi connectivity index (χ0n) is 40.5. The number of nitrogens with one attached hydrogen (secondary N) is 2. The van der Waals surface area contributed by atoms with Crippen molar-refractivity contribution in [3.8, 4) is 22.9 Å². The van der Waals surface area contributed by atoms with Crippen LogP contribution in [0.15, 0.2) is 36.4 Å². The van der Waals surface area contributed by atoms with Gasteiger partial charge in [-0.05, 0) is 68.7 Å². The first-order valence-electron chi connectivity index (χ1n) is 24.0. The lowest BCUT2D eigenvalue weighted by Crippen LogP contribution is -2.56. The number of carbonyl (C=O) groups excluding carboxylic acids is 6. The van der Waals surface area contributed by atoms with Gasteiger partial charge in [0, 0.05) is 54.1 Å². The highest BCUT2D eigenvalue weighted by Gasteiger charge is 2.51. The number of hydrogen-bond donors (Lipinski definition) is 8. The molecule has 6 unspecified atom stereocenters. The Bertz CT molecular complexity index is 3020. The molecule has 1 aromatic heterocycles. The largest absolute Gasteiger partial charge is 0.507 e. The number of aromatic nitrogens is 2. The molecule has 2 fully saturated rings. The number of carbonyl (C=O) groups is 6. The number of phenols is 2. The molecule has 4 aromatic rings. The average Bonchev–Trinajstić information content (AvgIpc) is 3.73. The third kappa shape index (κ3) is 9.24. The van der Waals surface area contributed by atoms with Crippen molar-refractivity contribution in [2.24, 2.45) is 11.1 Å². The fourth-order valence-corrected chi connectivity index (χ4v) is 11.1. The van der Waals surface area contributed by atoms with Crippen molar-refractivity contribution in [1.29, 1.82) is 0 Å². The summed E-state index contributed by atoms with van der Waals surface area (Å²) < 4.78 is 67.0. The SMILES string of the molecule is COc1cccc2c1C(=O)c1c(O)c3c(c(O)c1C2=O)CC(O)(C(=O)CO)CC3OC1CC(NC(=O)OC2CCC(Nc3cc(-n4nc(C(F)(F)F)c5c4CC(C)(C)CC5=O)ccc3C(N)=O)CC2)C(O)C(C)O1. The van der Waals surface area contributed by atoms with Crippen molar-refractivity contribution < 1.29 is 86.4 Å². The fourth-order valence-electron chi connectivity index (χ4n) is 11.1. The van der Waals surface area contributed by atoms with Crippen molar-refractivity contribution >= 4 is 40.8 Å². The Hall–Kier alpha value is -6.92. The Morgan fingerprint density at radius 1 is 0.959 bits per heavy atom. The summed E-state index contributed by atoms with van der Waals surface area (Å²) in [4.78, 5) is 80.1. The number of methoxy groups -OCH3 is 1. The Balaban J connectivity index is 0.885. The molecular formula is C51H54F3N5O15. The summed E-state index contributed by atoms with van der Waals surface area (Å²) >= 11 is 0. The smallest absolute Gasteiger partial charge is 0.435 e. The highest BCUT2D eigenvalue weighted by atomic mass is 19.4. The number of benzene rings is 3. The van der Waals surface area contributed by atoms with Gasteiger partial charge in [0.15, 0.2) is 29.3 Å². The number of alkyl carbamates (subject to hydrolysis) is 1. The zero-order valence-corrected chi connectivity index (χ0v) is 40.5. The molecule has 1 saturated heterocycles. The van der Waals surface area contributed by atoms with Gasteiger partial charge in [0.2, 0.25) is 5.78 Å². The standard InChI is InChI=1S/C51H54F3N5O15/c1-21-41(63)29(15-35(72-21)74-33-19-50(70,34(62)20-60)16-27-37(33)45(67)40-39(43(27)65)42(64)26-6-5-7-32(71-4)36(26)44(40)66)57-48(69)73-24-11-8-22(9-12-24)56-28-14-23(10-13-25(28)47(55)68)59-30-17-49(2,3)18-31(61)38(30)46(58-59)51(52,53)54/h5-7,10,13-14,21-22,24,29,33,35,41,56,60,63,65,67,70H,8-9,11-12,15-20H2,1-4H3,(H2,55,68)(H,57,69). The van der Waals surface area contributed by atoms with Gasteiger partial charge >= 0.3 is 12.3 Å². The number of ketones is 4. The Morgan fingerprint density at radius 3 is 2.32 bits per heavy atom. The van der Waals surface area contributed by atoms with E-state index in [2.05, 4.69) is 15.7 Å². The number of aliphatic hydroxyl groups excluding tert-OH is 2. The predicted octanol–water partition coefficient (Wildman–Crippen LogP) is 4.65. The Morgan fingerprint density at radius 2 is 1.66 bits per heavy atom. The summed E-state index contributed by atoms with van der Waals surface area (Å²) in [6.45, 7) is 3.91. The summed E-state index contributed by atoms with van der Waals surface area (Å²) in [5, 5.41) is 66.0. The van der Waals surface area contributed by atoms with E-state index in [1.165, 1.54) is 50.4 Å². The lowest BCUT2D eigenvalue weighted by molar-refractivity contribution is -0.249. The number of nitrogens with zero attached hydrogens (tertiary/aromatic N) is 2. The van der Waals surface area contributed by atoms with Crippen LogP contribution in [0.5, 0.6) is 17.2 Å². The van der Waals surface area contributed by atoms with Crippen molar-refractivity contribution in [2.75, 3.05) is 19.0 Å². The molecule has 1 aliphatic heterocycles. The summed E-state index contributed by atoms with van der Waals surface area (Å²) in [7, 11) is 1.28. The molecule has 9 rings (SSSR count). The maximum Gasteiger partial charge on any atom is 0.435 e. The number of phenolic OH excluding ortho intramolecular Hbond substituents is 2. The molecule has 23 heteroatoms. The lowest BCUT2D eigenvalue weighted by Gasteiger charge is -2.42. The minimum absolute atomic E-state index is 0.0225. The van der Waals surface area contributed by atoms with Gasteiger partial charge in [-0.3, -0.25) is 24.0 Å². The number of anilines is 1. The molecule has 0 radical (unpaired) electrons. The van der Waals surface area contributed by atoms with E-state index in [1.54, 1.807) is 13.8 Å². The molecule has 0 bridgehead atoms. The first-order valence-corrected chi connectivity index (χ1v) is 24.0. The third-order valence-electron chi connectivity index (χ3n) is 14.7. The van der Waals surface area contributed by atoms with Crippen LogP contribution in [0.25, 0.3) is 5.69 Å². The second-order valence-electron chi connectivity index (χ2n) is 20.4. The van der Waals surface area contributed by atoms with Crippen LogP contribution in [0.1, 0.15) is 147 Å². The second-order valence-corrected chi connectivity index (χ2v) is 20.4. The summed E-state index contributed by atoms with van der Waals surface area (Å²) in [6.07, 6.45) is -11.8. The number of rotatable bonds is 11. The van der Waals surface area contributed by atoms with Crippen LogP contribution >= 0.6 is 0 Å². The number of amides is 2. The molecule has 0 spiro atoms. The van der Waals surface area contributed by atoms with Gasteiger partial charge in [-0.25, -0.2) is 9.48 Å². The first-order chi connectivity index (χ1) is 34.8. The van der Waals surface area contributed by atoms with E-state index in [-0.39, 0.29) is 75.9 Å². The number of nitrogens with two attached hydrogens (primary N) is 1. The molecule has 1 saturated carbocycles. The van der Waals surface area contributed by atoms with Crippen molar-refractivity contribution in [2.45, 2.75) is 133 Å². The molecule has 3 aromatic carbocycles. The first kappa shape index (κ1) is 52.0. The number of fused-ring (bicyclic) bond motifs is 4. The van der Waals surface area contributed by atoms with E-state index in [0.29, 0.717) is 25.7 Å². The van der Waals surface area contributed by atoms with E-state index in [1.807, 2.05) is 0 Å². The van der Waals surface area contributed by atoms with Gasteiger partial charge in [-0.15, -0.1) is 0 Å². The third-order valence-corrected chi connectivity index (χ3v) is 14.7. The topological polar surface area (TPSA) is 308 Å². The summed E-state index contributed by atoms with van der Waals surface area (Å²) in [6, 6.07) is 7.04. The minimum atomic E-state index is -4.90. The quantitative estimate of drug-likeness (QED) is 0.0835. The van der Waals surface area contributed by atoms with Crippen LogP contribution in [0.3, 0.4) is 0 Å². The normalized spacial score (nSPS) is 26.2. The number of primary amides is 1. The number of hydrogen-bond acceptors (Lipinski definition) is 17. The molecule has 4 aliphatic carbocycles. The van der Waals surface area contributed by atoms with Gasteiger partial charge in [-0.2, -0.15) is 18.3 Å². The number of halogens is 3. The van der Waals surface area contributed by atoms with E-state index in [9.17, 15) is 67.5 Å². The van der Waals surface area contributed by atoms with Crippen LogP contribution in [0.4, 0.5) is 23.7 Å². The van der Waals surface area contributed by atoms with Crippen molar-refractivity contribution in [1.82, 2.24) is 15.1 Å². The molecule has 2 amide bonds. The van der Waals surface area contributed by atoms with Gasteiger partial charge in [0.25, 0.3) is 5.91 Å². The van der Waals surface area contributed by atoms with Crippen molar-refractivity contribution in [3.63, 3.8) is 0 Å². The molecule has 6 atom stereocenters. The average molecular weight is 1030 g/mol. The monoisotopic (exact) mass is 1030 g/mol. The van der Waals surface area contributed by atoms with E-state index in [0.717, 1.165) is 4.68 Å². The lowest BCUT2D eigenvalue weighted by atomic mass is 9.72. The molecule has 2 heterocycles. The maximum absolute atomic E-state index is 14.2. The van der Waals surface area contributed by atoms with Gasteiger partial charge in [0.1, 0.15) is 41.7 Å². The minimum Gasteiger partial charge on any atom is -0.507 e. The highest BCUT2D eigenvalue weighted by molar-refractivity contribution is 6.31. The fraction of sp³-hybridized carbons (Fsp3) is 0.471. The van der Waals surface area contributed by atoms with Gasteiger partial charge < -0.3 is 60.8 Å². The molecular weight excluding hydrogens is 980 g/mol. The Kier molecular flexibility index (Phi) is 13.4. The Labute approximate surface area is 419 Å². The van der Waals surface area contributed by atoms with Crippen LogP contribution in [0, 0.1) is 5.41 Å². The van der Waals surface area contributed by atoms with Crippen LogP contribution in [0.2, 0.25) is 0 Å². The van der Waals surface area contributed by atoms with E-state index < -0.39 is 142 Å². The van der Waals surface area contributed by atoms with Crippen molar-refractivity contribution in [3.05, 3.63) is 92.3 Å². The van der Waals surface area contributed by atoms with Crippen LogP contribution < -0.4 is 21.1 Å². The van der Waals surface area contributed by atoms with E-state index >= 15 is 0 Å². The number of Topliss-reactive ketones (excluding diaryl/α,β-unsaturated/α-hetero) is 2. The van der Waals surface area contributed by atoms with Gasteiger partial charge in [-0.1, -0.05) is 26.0 Å². The molecule has 5 aliphatic rings. The summed E-state index contributed by atoms with van der Waals surface area (Å²) in [5.74, 6) is -5.82. The van der Waals surface area contributed by atoms with Crippen LogP contribution in [-0.2, 0) is 38.0 Å². The summed E-state index contributed by atoms with van der Waals surface area (Å²) in [5.41, 5.74) is -0.562. The predicted molar refractivity (Wildman–Crippen MR) is 250 cm³/mol. The second kappa shape index (κ2) is 19.1. The van der Waals surface area contributed by atoms with Crippen LogP contribution in [-0.4, -0.2) is 126 Å². The molecule has 74 heavy (non-hydrogen) atoms. The maximum atomic E-state index is 14.2. The number of aliphatic hydroxyl groups is 3. The van der Waals surface area contributed by atoms with E-state index in [4.69, 9.17) is 24.7 Å². The molecule has 9 N–H and O–H groups in total. The molecule has 20 nitrogen and oxygen atoms in total.